The lowest BCUT2D eigenvalue weighted by atomic mass is 9.87. The SMILES string of the molecule is Cc1oc(P)cc1C(C)(C)C. The van der Waals surface area contributed by atoms with Crippen LogP contribution in [0, 0.1) is 6.92 Å². The maximum Gasteiger partial charge on any atom is 0.119 e. The zero-order valence-corrected chi connectivity index (χ0v) is 8.72. The molecule has 1 unspecified atom stereocenters. The summed E-state index contributed by atoms with van der Waals surface area (Å²) in [5, 5.41) is 0. The highest BCUT2D eigenvalue weighted by atomic mass is 31.0. The summed E-state index contributed by atoms with van der Waals surface area (Å²) in [6.45, 7) is 8.58. The minimum Gasteiger partial charge on any atom is -0.462 e. The topological polar surface area (TPSA) is 13.1 Å². The molecule has 0 saturated carbocycles. The van der Waals surface area contributed by atoms with Crippen LogP contribution in [0.1, 0.15) is 32.1 Å². The molecule has 0 bridgehead atoms. The summed E-state index contributed by atoms with van der Waals surface area (Å²) >= 11 is 0. The Morgan fingerprint density at radius 1 is 1.36 bits per heavy atom. The molecule has 1 aromatic rings. The van der Waals surface area contributed by atoms with E-state index in [-0.39, 0.29) is 5.41 Å². The molecule has 1 rings (SSSR count). The quantitative estimate of drug-likeness (QED) is 0.545. The molecule has 0 aliphatic rings. The van der Waals surface area contributed by atoms with E-state index in [1.54, 1.807) is 0 Å². The Kier molecular flexibility index (Phi) is 2.11. The van der Waals surface area contributed by atoms with Gasteiger partial charge in [0.25, 0.3) is 0 Å². The Bertz CT molecular complexity index is 255. The van der Waals surface area contributed by atoms with Crippen molar-refractivity contribution >= 4 is 14.7 Å². The lowest BCUT2D eigenvalue weighted by Crippen LogP contribution is -2.11. The van der Waals surface area contributed by atoms with Crippen molar-refractivity contribution < 1.29 is 4.42 Å². The highest BCUT2D eigenvalue weighted by Crippen LogP contribution is 2.25. The molecule has 0 amide bonds. The molecule has 62 valence electrons. The van der Waals surface area contributed by atoms with Crippen LogP contribution in [0.4, 0.5) is 0 Å². The van der Waals surface area contributed by atoms with Crippen LogP contribution in [0.3, 0.4) is 0 Å². The molecule has 0 spiro atoms. The molecule has 2 heteroatoms. The van der Waals surface area contributed by atoms with Crippen LogP contribution in [0.15, 0.2) is 10.5 Å². The first-order chi connectivity index (χ1) is 4.91. The second kappa shape index (κ2) is 2.64. The first-order valence-corrected chi connectivity index (χ1v) is 4.35. The molecule has 1 atom stereocenters. The smallest absolute Gasteiger partial charge is 0.119 e. The van der Waals surface area contributed by atoms with E-state index in [9.17, 15) is 0 Å². The summed E-state index contributed by atoms with van der Waals surface area (Å²) in [7, 11) is 2.58. The number of hydrogen-bond acceptors (Lipinski definition) is 1. The number of hydrogen-bond donors (Lipinski definition) is 0. The van der Waals surface area contributed by atoms with Gasteiger partial charge in [0.15, 0.2) is 0 Å². The molecule has 1 nitrogen and oxygen atoms in total. The molecule has 0 N–H and O–H groups in total. The predicted molar refractivity (Wildman–Crippen MR) is 51.5 cm³/mol. The van der Waals surface area contributed by atoms with E-state index in [1.165, 1.54) is 5.56 Å². The van der Waals surface area contributed by atoms with Gasteiger partial charge in [0.05, 0.1) is 0 Å². The van der Waals surface area contributed by atoms with E-state index in [1.807, 2.05) is 6.92 Å². The minimum atomic E-state index is 0.197. The van der Waals surface area contributed by atoms with Crippen LogP contribution in [0.2, 0.25) is 0 Å². The fourth-order valence-electron chi connectivity index (χ4n) is 1.25. The van der Waals surface area contributed by atoms with Gasteiger partial charge >= 0.3 is 0 Å². The number of aryl methyl sites for hydroxylation is 1. The standard InChI is InChI=1S/C9H15OP/c1-6-7(9(2,3)4)5-8(11)10-6/h5H,11H2,1-4H3. The first-order valence-electron chi connectivity index (χ1n) is 3.77. The third kappa shape index (κ3) is 1.84. The molecular formula is C9H15OP. The summed E-state index contributed by atoms with van der Waals surface area (Å²) in [4.78, 5) is 0. The van der Waals surface area contributed by atoms with Gasteiger partial charge < -0.3 is 4.42 Å². The van der Waals surface area contributed by atoms with Gasteiger partial charge in [-0.05, 0) is 24.0 Å². The summed E-state index contributed by atoms with van der Waals surface area (Å²) in [5.74, 6) is 1.03. The molecule has 0 aliphatic carbocycles. The van der Waals surface area contributed by atoms with Crippen molar-refractivity contribution in [3.8, 4) is 0 Å². The predicted octanol–water partition coefficient (Wildman–Crippen LogP) is 2.39. The Morgan fingerprint density at radius 2 is 1.91 bits per heavy atom. The van der Waals surface area contributed by atoms with Crippen LogP contribution < -0.4 is 5.50 Å². The van der Waals surface area contributed by atoms with Gasteiger partial charge in [-0.15, -0.1) is 0 Å². The van der Waals surface area contributed by atoms with E-state index >= 15 is 0 Å². The Hall–Kier alpha value is -0.290. The van der Waals surface area contributed by atoms with Gasteiger partial charge in [0.2, 0.25) is 0 Å². The molecule has 1 aromatic heterocycles. The average molecular weight is 170 g/mol. The van der Waals surface area contributed by atoms with E-state index < -0.39 is 0 Å². The molecule has 0 fully saturated rings. The third-order valence-electron chi connectivity index (χ3n) is 1.74. The second-order valence-electron chi connectivity index (χ2n) is 3.87. The lowest BCUT2D eigenvalue weighted by molar-refractivity contribution is 0.525. The normalized spacial score (nSPS) is 12.1. The van der Waals surface area contributed by atoms with E-state index in [0.717, 1.165) is 11.3 Å². The molecule has 11 heavy (non-hydrogen) atoms. The second-order valence-corrected chi connectivity index (χ2v) is 4.44. The average Bonchev–Trinajstić information content (AvgIpc) is 2.08. The van der Waals surface area contributed by atoms with Crippen molar-refractivity contribution in [1.29, 1.82) is 0 Å². The zero-order valence-electron chi connectivity index (χ0n) is 7.56. The monoisotopic (exact) mass is 170 g/mol. The molecule has 0 aromatic carbocycles. The Morgan fingerprint density at radius 3 is 2.09 bits per heavy atom. The van der Waals surface area contributed by atoms with Crippen molar-refractivity contribution in [3.63, 3.8) is 0 Å². The molecule has 0 aliphatic heterocycles. The van der Waals surface area contributed by atoms with Gasteiger partial charge in [-0.1, -0.05) is 30.0 Å². The Labute approximate surface area is 70.4 Å². The number of furan rings is 1. The molecule has 0 radical (unpaired) electrons. The molecule has 0 saturated heterocycles. The van der Waals surface area contributed by atoms with Crippen LogP contribution in [0.25, 0.3) is 0 Å². The highest BCUT2D eigenvalue weighted by molar-refractivity contribution is 7.26. The minimum absolute atomic E-state index is 0.197. The van der Waals surface area contributed by atoms with Crippen molar-refractivity contribution in [2.24, 2.45) is 0 Å². The van der Waals surface area contributed by atoms with Gasteiger partial charge in [0.1, 0.15) is 11.3 Å². The summed E-state index contributed by atoms with van der Waals surface area (Å²) < 4.78 is 5.40. The van der Waals surface area contributed by atoms with Crippen molar-refractivity contribution in [3.05, 3.63) is 17.4 Å². The number of rotatable bonds is 0. The van der Waals surface area contributed by atoms with Crippen molar-refractivity contribution in [2.45, 2.75) is 33.1 Å². The summed E-state index contributed by atoms with van der Waals surface area (Å²) in [6.07, 6.45) is 0. The fourth-order valence-corrected chi connectivity index (χ4v) is 1.59. The molecule has 1 heterocycles. The van der Waals surface area contributed by atoms with Crippen LogP contribution in [-0.4, -0.2) is 0 Å². The van der Waals surface area contributed by atoms with E-state index in [0.29, 0.717) is 0 Å². The first kappa shape index (κ1) is 8.80. The summed E-state index contributed by atoms with van der Waals surface area (Å²) in [6, 6.07) is 2.08. The third-order valence-corrected chi connectivity index (χ3v) is 2.03. The van der Waals surface area contributed by atoms with Gasteiger partial charge in [-0.3, -0.25) is 0 Å². The molecular weight excluding hydrogens is 155 g/mol. The largest absolute Gasteiger partial charge is 0.462 e. The zero-order chi connectivity index (χ0) is 8.65. The van der Waals surface area contributed by atoms with Gasteiger partial charge in [-0.2, -0.15) is 0 Å². The van der Waals surface area contributed by atoms with Gasteiger partial charge in [0, 0.05) is 0 Å². The maximum absolute atomic E-state index is 5.40. The highest BCUT2D eigenvalue weighted by Gasteiger charge is 2.18. The van der Waals surface area contributed by atoms with Crippen molar-refractivity contribution in [1.82, 2.24) is 0 Å². The fraction of sp³-hybridized carbons (Fsp3) is 0.556. The van der Waals surface area contributed by atoms with E-state index in [2.05, 4.69) is 36.1 Å². The van der Waals surface area contributed by atoms with Crippen molar-refractivity contribution in [2.75, 3.05) is 0 Å². The van der Waals surface area contributed by atoms with Crippen LogP contribution in [0.5, 0.6) is 0 Å². The van der Waals surface area contributed by atoms with Gasteiger partial charge in [-0.25, -0.2) is 0 Å². The lowest BCUT2D eigenvalue weighted by Gasteiger charge is -2.16. The Balaban J connectivity index is 3.13. The maximum atomic E-state index is 5.40. The van der Waals surface area contributed by atoms with Crippen LogP contribution >= 0.6 is 9.24 Å². The van der Waals surface area contributed by atoms with E-state index in [4.69, 9.17) is 4.42 Å². The van der Waals surface area contributed by atoms with Crippen LogP contribution in [-0.2, 0) is 5.41 Å². The summed E-state index contributed by atoms with van der Waals surface area (Å²) in [5.41, 5.74) is 2.41.